The molecule has 2 saturated heterocycles. The second-order valence-corrected chi connectivity index (χ2v) is 6.97. The van der Waals surface area contributed by atoms with Gasteiger partial charge in [0.15, 0.2) is 0 Å². The molecule has 3 heterocycles. The van der Waals surface area contributed by atoms with Crippen LogP contribution < -0.4 is 4.74 Å². The third-order valence-electron chi connectivity index (χ3n) is 5.01. The predicted molar refractivity (Wildman–Crippen MR) is 93.7 cm³/mol. The Morgan fingerprint density at radius 3 is 2.92 bits per heavy atom. The molecule has 2 aliphatic heterocycles. The quantitative estimate of drug-likeness (QED) is 0.863. The molecule has 130 valence electrons. The number of ether oxygens (including phenoxy) is 2. The molecule has 2 fully saturated rings. The van der Waals surface area contributed by atoms with Crippen molar-refractivity contribution in [2.45, 2.75) is 31.5 Å². The van der Waals surface area contributed by atoms with Crippen molar-refractivity contribution in [2.75, 3.05) is 19.7 Å². The molecule has 1 amide bonds. The molecule has 1 aromatic heterocycles. The van der Waals surface area contributed by atoms with Gasteiger partial charge in [-0.3, -0.25) is 9.78 Å². The second kappa shape index (κ2) is 6.48. The molecular weight excluding hydrogens is 316 g/mol. The Balaban J connectivity index is 1.38. The highest BCUT2D eigenvalue weighted by atomic mass is 16.6. The van der Waals surface area contributed by atoms with Gasteiger partial charge in [0.1, 0.15) is 11.9 Å². The van der Waals surface area contributed by atoms with E-state index >= 15 is 0 Å². The molecule has 2 atom stereocenters. The minimum atomic E-state index is -0.271. The number of aryl methyl sites for hydroxylation is 1. The SMILES string of the molecule is Cc1ccc(C(=O)N2CC[C@]3(C[C@@H](Oc4cccnc4)CO3)C2)cc1. The zero-order chi connectivity index (χ0) is 17.3. The first-order valence-electron chi connectivity index (χ1n) is 8.70. The number of carbonyl (C=O) groups is 1. The van der Waals surface area contributed by atoms with Gasteiger partial charge >= 0.3 is 0 Å². The predicted octanol–water partition coefficient (Wildman–Crippen LogP) is 2.84. The molecule has 5 heteroatoms. The third kappa shape index (κ3) is 3.37. The van der Waals surface area contributed by atoms with Gasteiger partial charge < -0.3 is 14.4 Å². The Morgan fingerprint density at radius 2 is 2.16 bits per heavy atom. The van der Waals surface area contributed by atoms with E-state index in [0.717, 1.165) is 36.3 Å². The van der Waals surface area contributed by atoms with Crippen molar-refractivity contribution in [2.24, 2.45) is 0 Å². The second-order valence-electron chi connectivity index (χ2n) is 6.97. The number of benzene rings is 1. The number of hydrogen-bond donors (Lipinski definition) is 0. The molecule has 2 aromatic rings. The van der Waals surface area contributed by atoms with Gasteiger partial charge in [-0.25, -0.2) is 0 Å². The van der Waals surface area contributed by atoms with Gasteiger partial charge in [0.2, 0.25) is 0 Å². The summed E-state index contributed by atoms with van der Waals surface area (Å²) < 4.78 is 12.0. The first kappa shape index (κ1) is 16.1. The standard InChI is InChI=1S/C20H22N2O3/c1-15-4-6-16(7-5-15)19(23)22-10-8-20(14-22)11-18(13-24-20)25-17-3-2-9-21-12-17/h2-7,9,12,18H,8,10-11,13-14H2,1H3/t18-,20+/m1/s1. The minimum absolute atomic E-state index is 0.0126. The molecule has 0 saturated carbocycles. The lowest BCUT2D eigenvalue weighted by atomic mass is 9.98. The van der Waals surface area contributed by atoms with Gasteiger partial charge in [-0.05, 0) is 37.6 Å². The minimum Gasteiger partial charge on any atom is -0.486 e. The lowest BCUT2D eigenvalue weighted by Gasteiger charge is -2.23. The van der Waals surface area contributed by atoms with E-state index in [1.54, 1.807) is 12.4 Å². The van der Waals surface area contributed by atoms with E-state index in [1.165, 1.54) is 0 Å². The number of carbonyl (C=O) groups excluding carboxylic acids is 1. The summed E-state index contributed by atoms with van der Waals surface area (Å²) in [5, 5.41) is 0. The normalized spacial score (nSPS) is 25.5. The summed E-state index contributed by atoms with van der Waals surface area (Å²) >= 11 is 0. The molecule has 0 N–H and O–H groups in total. The summed E-state index contributed by atoms with van der Waals surface area (Å²) in [6.07, 6.45) is 5.12. The summed E-state index contributed by atoms with van der Waals surface area (Å²) in [7, 11) is 0. The van der Waals surface area contributed by atoms with Gasteiger partial charge in [0.25, 0.3) is 5.91 Å². The Kier molecular flexibility index (Phi) is 4.17. The van der Waals surface area contributed by atoms with E-state index in [9.17, 15) is 4.79 Å². The molecule has 25 heavy (non-hydrogen) atoms. The van der Waals surface area contributed by atoms with Crippen molar-refractivity contribution in [1.82, 2.24) is 9.88 Å². The summed E-state index contributed by atoms with van der Waals surface area (Å²) in [5.74, 6) is 0.843. The van der Waals surface area contributed by atoms with Crippen LogP contribution in [-0.4, -0.2) is 47.2 Å². The number of pyridine rings is 1. The number of amides is 1. The van der Waals surface area contributed by atoms with Gasteiger partial charge in [-0.15, -0.1) is 0 Å². The summed E-state index contributed by atoms with van der Waals surface area (Å²) in [6, 6.07) is 11.5. The topological polar surface area (TPSA) is 51.7 Å². The van der Waals surface area contributed by atoms with E-state index in [0.29, 0.717) is 13.2 Å². The Bertz CT molecular complexity index is 747. The highest BCUT2D eigenvalue weighted by Gasteiger charge is 2.47. The Hall–Kier alpha value is -2.40. The monoisotopic (exact) mass is 338 g/mol. The summed E-state index contributed by atoms with van der Waals surface area (Å²) in [5.41, 5.74) is 1.63. The van der Waals surface area contributed by atoms with Crippen LogP contribution in [0.4, 0.5) is 0 Å². The van der Waals surface area contributed by atoms with Gasteiger partial charge in [-0.2, -0.15) is 0 Å². The smallest absolute Gasteiger partial charge is 0.253 e. The van der Waals surface area contributed by atoms with Gasteiger partial charge in [0.05, 0.1) is 24.9 Å². The third-order valence-corrected chi connectivity index (χ3v) is 5.01. The number of aromatic nitrogens is 1. The average molecular weight is 338 g/mol. The molecule has 0 radical (unpaired) electrons. The molecule has 2 aliphatic rings. The summed E-state index contributed by atoms with van der Waals surface area (Å²) in [4.78, 5) is 18.7. The van der Waals surface area contributed by atoms with Gasteiger partial charge in [0, 0.05) is 24.7 Å². The molecular formula is C20H22N2O3. The van der Waals surface area contributed by atoms with Crippen LogP contribution in [-0.2, 0) is 4.74 Å². The summed E-state index contributed by atoms with van der Waals surface area (Å²) in [6.45, 7) is 3.94. The molecule has 1 spiro atoms. The molecule has 0 bridgehead atoms. The first-order valence-corrected chi connectivity index (χ1v) is 8.70. The number of rotatable bonds is 3. The van der Waals surface area contributed by atoms with Crippen LogP contribution in [0, 0.1) is 6.92 Å². The van der Waals surface area contributed by atoms with Crippen molar-refractivity contribution in [3.05, 3.63) is 59.9 Å². The maximum atomic E-state index is 12.7. The molecule has 0 aliphatic carbocycles. The van der Waals surface area contributed by atoms with Crippen molar-refractivity contribution in [1.29, 1.82) is 0 Å². The van der Waals surface area contributed by atoms with E-state index in [-0.39, 0.29) is 17.6 Å². The maximum absolute atomic E-state index is 12.7. The zero-order valence-electron chi connectivity index (χ0n) is 14.4. The fourth-order valence-corrected chi connectivity index (χ4v) is 3.67. The number of nitrogens with zero attached hydrogens (tertiary/aromatic N) is 2. The van der Waals surface area contributed by atoms with E-state index in [2.05, 4.69) is 4.98 Å². The molecule has 0 unspecified atom stereocenters. The van der Waals surface area contributed by atoms with Crippen LogP contribution in [0.25, 0.3) is 0 Å². The largest absolute Gasteiger partial charge is 0.486 e. The van der Waals surface area contributed by atoms with Gasteiger partial charge in [-0.1, -0.05) is 17.7 Å². The number of likely N-dealkylation sites (tertiary alicyclic amines) is 1. The van der Waals surface area contributed by atoms with E-state index in [4.69, 9.17) is 9.47 Å². The Labute approximate surface area is 147 Å². The van der Waals surface area contributed by atoms with Crippen LogP contribution in [0.1, 0.15) is 28.8 Å². The van der Waals surface area contributed by atoms with E-state index < -0.39 is 0 Å². The molecule has 5 nitrogen and oxygen atoms in total. The van der Waals surface area contributed by atoms with Crippen molar-refractivity contribution in [3.63, 3.8) is 0 Å². The van der Waals surface area contributed by atoms with Crippen LogP contribution >= 0.6 is 0 Å². The highest BCUT2D eigenvalue weighted by Crippen LogP contribution is 2.37. The lowest BCUT2D eigenvalue weighted by Crippen LogP contribution is -2.36. The lowest BCUT2D eigenvalue weighted by molar-refractivity contribution is 0.00995. The molecule has 4 rings (SSSR count). The van der Waals surface area contributed by atoms with Crippen LogP contribution in [0.3, 0.4) is 0 Å². The van der Waals surface area contributed by atoms with Crippen LogP contribution in [0.15, 0.2) is 48.8 Å². The number of hydrogen-bond acceptors (Lipinski definition) is 4. The highest BCUT2D eigenvalue weighted by molar-refractivity contribution is 5.94. The van der Waals surface area contributed by atoms with E-state index in [1.807, 2.05) is 48.2 Å². The fourth-order valence-electron chi connectivity index (χ4n) is 3.67. The average Bonchev–Trinajstić information content (AvgIpc) is 3.23. The maximum Gasteiger partial charge on any atom is 0.253 e. The Morgan fingerprint density at radius 1 is 1.32 bits per heavy atom. The van der Waals surface area contributed by atoms with Crippen LogP contribution in [0.2, 0.25) is 0 Å². The van der Waals surface area contributed by atoms with Crippen molar-refractivity contribution >= 4 is 5.91 Å². The van der Waals surface area contributed by atoms with Crippen molar-refractivity contribution < 1.29 is 14.3 Å². The van der Waals surface area contributed by atoms with Crippen molar-refractivity contribution in [3.8, 4) is 5.75 Å². The molecule has 1 aromatic carbocycles. The fraction of sp³-hybridized carbons (Fsp3) is 0.400. The zero-order valence-corrected chi connectivity index (χ0v) is 14.4. The van der Waals surface area contributed by atoms with Crippen LogP contribution in [0.5, 0.6) is 5.75 Å². The first-order chi connectivity index (χ1) is 12.1.